The molecule has 2 aromatic carbocycles. The van der Waals surface area contributed by atoms with Crippen LogP contribution in [-0.2, 0) is 0 Å². The van der Waals surface area contributed by atoms with Crippen molar-refractivity contribution >= 4 is 23.9 Å². The maximum Gasteiger partial charge on any atom is -0.0243 e. The molecular weight excluding hydrogens is 223 g/mol. The molecule has 0 spiro atoms. The van der Waals surface area contributed by atoms with E-state index in [0.717, 1.165) is 0 Å². The Bertz CT molecular complexity index is 495. The van der Waals surface area contributed by atoms with Crippen LogP contribution in [0.15, 0.2) is 61.2 Å². The van der Waals surface area contributed by atoms with Crippen molar-refractivity contribution in [3.05, 3.63) is 66.7 Å². The minimum absolute atomic E-state index is 1.18. The fourth-order valence-electron chi connectivity index (χ4n) is 1.93. The van der Waals surface area contributed by atoms with E-state index in [0.29, 0.717) is 0 Å². The van der Waals surface area contributed by atoms with Crippen LogP contribution in [0.1, 0.15) is 5.56 Å². The average Bonchev–Trinajstić information content (AvgIpc) is 2.40. The summed E-state index contributed by atoms with van der Waals surface area (Å²) in [7, 11) is -1.21. The van der Waals surface area contributed by atoms with Crippen LogP contribution in [0.5, 0.6) is 0 Å². The highest BCUT2D eigenvalue weighted by atomic mass is 31.2. The second-order valence-corrected chi connectivity index (χ2v) is 8.52. The van der Waals surface area contributed by atoms with E-state index in [9.17, 15) is 0 Å². The topological polar surface area (TPSA) is 0 Å². The lowest BCUT2D eigenvalue weighted by atomic mass is 10.2. The highest BCUT2D eigenvalue weighted by Crippen LogP contribution is 2.48. The van der Waals surface area contributed by atoms with E-state index < -0.39 is 7.26 Å². The van der Waals surface area contributed by atoms with Gasteiger partial charge in [-0.2, -0.15) is 0 Å². The van der Waals surface area contributed by atoms with Crippen LogP contribution in [0.2, 0.25) is 0 Å². The summed E-state index contributed by atoms with van der Waals surface area (Å²) < 4.78 is 0. The van der Waals surface area contributed by atoms with Crippen molar-refractivity contribution in [3.8, 4) is 0 Å². The number of hydrogen-bond acceptors (Lipinski definition) is 0. The molecule has 17 heavy (non-hydrogen) atoms. The molecule has 0 bridgehead atoms. The first-order valence-electron chi connectivity index (χ1n) is 5.77. The van der Waals surface area contributed by atoms with Crippen LogP contribution in [0.3, 0.4) is 0 Å². The second kappa shape index (κ2) is 4.85. The van der Waals surface area contributed by atoms with Gasteiger partial charge in [0, 0.05) is 0 Å². The zero-order valence-electron chi connectivity index (χ0n) is 10.4. The summed E-state index contributed by atoms with van der Waals surface area (Å²) in [6.07, 6.45) is 1.89. The first-order chi connectivity index (χ1) is 8.14. The monoisotopic (exact) mass is 241 g/mol. The summed E-state index contributed by atoms with van der Waals surface area (Å²) >= 11 is 0. The van der Waals surface area contributed by atoms with Crippen LogP contribution in [0, 0.1) is 0 Å². The van der Waals surface area contributed by atoms with Crippen LogP contribution < -0.4 is 10.6 Å². The molecule has 0 amide bonds. The molecule has 0 heterocycles. The fourth-order valence-corrected chi connectivity index (χ4v) is 4.04. The van der Waals surface area contributed by atoms with Gasteiger partial charge in [-0.1, -0.05) is 74.5 Å². The summed E-state index contributed by atoms with van der Waals surface area (Å²) in [5.74, 6) is 0. The van der Waals surface area contributed by atoms with Crippen molar-refractivity contribution < 1.29 is 0 Å². The highest BCUT2D eigenvalue weighted by Gasteiger charge is 2.19. The smallest absolute Gasteiger partial charge is 0.0243 e. The van der Waals surface area contributed by atoms with Crippen molar-refractivity contribution in [2.75, 3.05) is 13.3 Å². The standard InChI is InChI=1S/C16H18P/c1-4-14-10-12-16(13-11-14)17(2,3)15-8-6-5-7-9-15/h4-13H,1H2,2-3H3. The van der Waals surface area contributed by atoms with Crippen LogP contribution in [-0.4, -0.2) is 13.3 Å². The second-order valence-electron chi connectivity index (χ2n) is 4.58. The summed E-state index contributed by atoms with van der Waals surface area (Å²) in [4.78, 5) is 0. The average molecular weight is 241 g/mol. The molecule has 1 heteroatoms. The first-order valence-corrected chi connectivity index (χ1v) is 8.45. The summed E-state index contributed by atoms with van der Waals surface area (Å²) in [5, 5.41) is 2.89. The van der Waals surface area contributed by atoms with Gasteiger partial charge >= 0.3 is 0 Å². The maximum atomic E-state index is 3.79. The third-order valence-corrected chi connectivity index (χ3v) is 6.35. The van der Waals surface area contributed by atoms with E-state index >= 15 is 0 Å². The van der Waals surface area contributed by atoms with Gasteiger partial charge in [-0.05, 0) is 29.5 Å². The summed E-state index contributed by atoms with van der Waals surface area (Å²) in [6, 6.07) is 19.5. The Morgan fingerprint density at radius 3 is 1.88 bits per heavy atom. The minimum atomic E-state index is -1.21. The number of rotatable bonds is 3. The van der Waals surface area contributed by atoms with Gasteiger partial charge in [0.05, 0.1) is 0 Å². The first kappa shape index (κ1) is 12.1. The van der Waals surface area contributed by atoms with Crippen molar-refractivity contribution in [1.82, 2.24) is 0 Å². The lowest BCUT2D eigenvalue weighted by Crippen LogP contribution is -2.19. The van der Waals surface area contributed by atoms with Crippen molar-refractivity contribution in [1.29, 1.82) is 0 Å². The van der Waals surface area contributed by atoms with Gasteiger partial charge in [-0.15, -0.1) is 0 Å². The van der Waals surface area contributed by atoms with E-state index in [1.165, 1.54) is 16.2 Å². The molecular formula is C16H18P. The number of hydrogen-bond donors (Lipinski definition) is 0. The normalized spacial score (nSPS) is 11.2. The van der Waals surface area contributed by atoms with Crippen molar-refractivity contribution in [2.45, 2.75) is 0 Å². The zero-order valence-corrected chi connectivity index (χ0v) is 11.3. The van der Waals surface area contributed by atoms with Gasteiger partial charge in [0.25, 0.3) is 0 Å². The van der Waals surface area contributed by atoms with Crippen molar-refractivity contribution in [2.24, 2.45) is 0 Å². The Morgan fingerprint density at radius 2 is 1.35 bits per heavy atom. The zero-order chi connectivity index (χ0) is 12.3. The van der Waals surface area contributed by atoms with Gasteiger partial charge in [0.1, 0.15) is 0 Å². The predicted octanol–water partition coefficient (Wildman–Crippen LogP) is 3.56. The van der Waals surface area contributed by atoms with E-state index in [2.05, 4.69) is 74.5 Å². The maximum absolute atomic E-state index is 3.79. The van der Waals surface area contributed by atoms with E-state index in [-0.39, 0.29) is 0 Å². The quantitative estimate of drug-likeness (QED) is 0.721. The molecule has 0 saturated heterocycles. The molecule has 0 atom stereocenters. The van der Waals surface area contributed by atoms with Crippen LogP contribution in [0.25, 0.3) is 6.08 Å². The van der Waals surface area contributed by atoms with E-state index in [1.807, 2.05) is 6.08 Å². The molecule has 0 fully saturated rings. The molecule has 2 aromatic rings. The molecule has 0 aliphatic carbocycles. The molecule has 1 radical (unpaired) electrons. The molecule has 0 aromatic heterocycles. The molecule has 0 N–H and O–H groups in total. The van der Waals surface area contributed by atoms with Gasteiger partial charge in [-0.3, -0.25) is 0 Å². The van der Waals surface area contributed by atoms with E-state index in [1.54, 1.807) is 0 Å². The van der Waals surface area contributed by atoms with Crippen LogP contribution >= 0.6 is 7.26 Å². The van der Waals surface area contributed by atoms with E-state index in [4.69, 9.17) is 0 Å². The lowest BCUT2D eigenvalue weighted by molar-refractivity contribution is 1.69. The molecule has 0 nitrogen and oxygen atoms in total. The summed E-state index contributed by atoms with van der Waals surface area (Å²) in [5.41, 5.74) is 1.18. The highest BCUT2D eigenvalue weighted by molar-refractivity contribution is 7.88. The lowest BCUT2D eigenvalue weighted by Gasteiger charge is -2.28. The molecule has 87 valence electrons. The van der Waals surface area contributed by atoms with Gasteiger partial charge in [0.2, 0.25) is 0 Å². The van der Waals surface area contributed by atoms with Crippen molar-refractivity contribution in [3.63, 3.8) is 0 Å². The molecule has 2 rings (SSSR count). The third kappa shape index (κ3) is 2.48. The molecule has 0 aliphatic heterocycles. The molecule has 0 saturated carbocycles. The summed E-state index contributed by atoms with van der Waals surface area (Å²) in [6.45, 7) is 8.52. The van der Waals surface area contributed by atoms with Gasteiger partial charge < -0.3 is 0 Å². The SMILES string of the molecule is C=Cc1ccc([P](C)(C)c2ccccc2)cc1. The Labute approximate surface area is 104 Å². The van der Waals surface area contributed by atoms with Crippen LogP contribution in [0.4, 0.5) is 0 Å². The fraction of sp³-hybridized carbons (Fsp3) is 0.125. The Balaban J connectivity index is 2.40. The van der Waals surface area contributed by atoms with Gasteiger partial charge in [0.15, 0.2) is 0 Å². The minimum Gasteiger partial charge on any atom is -0.0985 e. The number of benzene rings is 2. The molecule has 0 unspecified atom stereocenters. The third-order valence-electron chi connectivity index (χ3n) is 3.18. The Hall–Kier alpha value is -1.39. The van der Waals surface area contributed by atoms with Gasteiger partial charge in [-0.25, -0.2) is 0 Å². The predicted molar refractivity (Wildman–Crippen MR) is 81.0 cm³/mol. The Morgan fingerprint density at radius 1 is 0.824 bits per heavy atom. The molecule has 0 aliphatic rings. The largest absolute Gasteiger partial charge is 0.0985 e. The Kier molecular flexibility index (Phi) is 3.45.